The van der Waals surface area contributed by atoms with Crippen LogP contribution in [0.1, 0.15) is 24.3 Å². The van der Waals surface area contributed by atoms with Gasteiger partial charge >= 0.3 is 0 Å². The minimum atomic E-state index is -0.603. The van der Waals surface area contributed by atoms with Crippen LogP contribution in [0.4, 0.5) is 0 Å². The van der Waals surface area contributed by atoms with Crippen LogP contribution in [0.25, 0.3) is 0 Å². The molecule has 1 aromatic rings. The lowest BCUT2D eigenvalue weighted by molar-refractivity contribution is 0.0863. The van der Waals surface area contributed by atoms with E-state index in [9.17, 15) is 9.90 Å². The topological polar surface area (TPSA) is 80.0 Å². The summed E-state index contributed by atoms with van der Waals surface area (Å²) in [5.74, 6) is -0.317. The lowest BCUT2D eigenvalue weighted by atomic mass is 10.2. The first kappa shape index (κ1) is 12.1. The summed E-state index contributed by atoms with van der Waals surface area (Å²) < 4.78 is 1.76. The fourth-order valence-corrected chi connectivity index (χ4v) is 1.48. The Labute approximate surface area is 95.8 Å². The first-order chi connectivity index (χ1) is 6.93. The molecule has 2 unspecified atom stereocenters. The summed E-state index contributed by atoms with van der Waals surface area (Å²) in [6.45, 7) is 3.34. The van der Waals surface area contributed by atoms with Crippen LogP contribution in [0.3, 0.4) is 0 Å². The number of aliphatic hydroxyl groups is 1. The second-order valence-corrected chi connectivity index (χ2v) is 4.11. The van der Waals surface area contributed by atoms with Gasteiger partial charge in [-0.3, -0.25) is 4.79 Å². The molecule has 1 aromatic heterocycles. The molecule has 0 fully saturated rings. The van der Waals surface area contributed by atoms with E-state index in [4.69, 9.17) is 0 Å². The molecule has 0 bridgehead atoms. The van der Waals surface area contributed by atoms with Gasteiger partial charge in [0, 0.05) is 7.05 Å². The molecule has 0 aromatic carbocycles. The molecule has 2 N–H and O–H groups in total. The molecule has 0 radical (unpaired) electrons. The third-order valence-corrected chi connectivity index (χ3v) is 2.62. The fraction of sp³-hybridized carbons (Fsp3) is 0.625. The van der Waals surface area contributed by atoms with Gasteiger partial charge in [-0.2, -0.15) is 0 Å². The summed E-state index contributed by atoms with van der Waals surface area (Å²) in [5, 5.41) is 19.3. The zero-order chi connectivity index (χ0) is 11.6. The Morgan fingerprint density at radius 2 is 2.20 bits per heavy atom. The van der Waals surface area contributed by atoms with E-state index in [1.165, 1.54) is 4.68 Å². The number of halogens is 1. The van der Waals surface area contributed by atoms with E-state index in [0.717, 1.165) is 0 Å². The molecular weight excluding hydrogens is 264 g/mol. The Kier molecular flexibility index (Phi) is 3.81. The van der Waals surface area contributed by atoms with Crippen LogP contribution >= 0.6 is 15.9 Å². The normalized spacial score (nSPS) is 14.7. The average molecular weight is 277 g/mol. The minimum Gasteiger partial charge on any atom is -0.391 e. The van der Waals surface area contributed by atoms with Crippen LogP contribution in [0.15, 0.2) is 4.60 Å². The van der Waals surface area contributed by atoms with E-state index in [1.807, 2.05) is 0 Å². The Balaban J connectivity index is 2.78. The van der Waals surface area contributed by atoms with Crippen LogP contribution in [0, 0.1) is 0 Å². The van der Waals surface area contributed by atoms with Gasteiger partial charge in [0.05, 0.1) is 12.1 Å². The van der Waals surface area contributed by atoms with Crippen molar-refractivity contribution in [1.29, 1.82) is 0 Å². The molecule has 1 heterocycles. The highest BCUT2D eigenvalue weighted by atomic mass is 79.9. The van der Waals surface area contributed by atoms with E-state index in [0.29, 0.717) is 10.3 Å². The summed E-state index contributed by atoms with van der Waals surface area (Å²) in [7, 11) is 1.62. The maximum Gasteiger partial charge on any atom is 0.272 e. The van der Waals surface area contributed by atoms with Crippen molar-refractivity contribution in [2.45, 2.75) is 26.0 Å². The molecule has 0 spiro atoms. The molecule has 0 aliphatic heterocycles. The Morgan fingerprint density at radius 1 is 1.60 bits per heavy atom. The lowest BCUT2D eigenvalue weighted by Gasteiger charge is -2.16. The van der Waals surface area contributed by atoms with Crippen LogP contribution in [-0.2, 0) is 7.05 Å². The number of nitrogens with zero attached hydrogens (tertiary/aromatic N) is 3. The van der Waals surface area contributed by atoms with Crippen LogP contribution < -0.4 is 5.32 Å². The molecule has 84 valence electrons. The van der Waals surface area contributed by atoms with Crippen LogP contribution in [-0.4, -0.2) is 38.2 Å². The number of nitrogens with one attached hydrogen (secondary N) is 1. The standard InChI is InChI=1S/C8H13BrN4O2/c1-4(5(2)14)10-8(15)6-7(9)11-12-13(6)3/h4-5,14H,1-3H3,(H,10,15). The Hall–Kier alpha value is -0.950. The first-order valence-corrected chi connectivity index (χ1v) is 5.27. The predicted octanol–water partition coefficient (Wildman–Crippen LogP) is 0.0767. The van der Waals surface area contributed by atoms with Gasteiger partial charge < -0.3 is 10.4 Å². The van der Waals surface area contributed by atoms with E-state index in [2.05, 4.69) is 31.6 Å². The van der Waals surface area contributed by atoms with Crippen molar-refractivity contribution in [2.24, 2.45) is 7.05 Å². The van der Waals surface area contributed by atoms with Crippen molar-refractivity contribution in [3.63, 3.8) is 0 Å². The van der Waals surface area contributed by atoms with Gasteiger partial charge in [-0.05, 0) is 29.8 Å². The van der Waals surface area contributed by atoms with Gasteiger partial charge in [-0.25, -0.2) is 4.68 Å². The van der Waals surface area contributed by atoms with E-state index >= 15 is 0 Å². The number of amides is 1. The second-order valence-electron chi connectivity index (χ2n) is 3.36. The lowest BCUT2D eigenvalue weighted by Crippen LogP contribution is -2.40. The summed E-state index contributed by atoms with van der Waals surface area (Å²) in [6, 6.07) is -0.320. The smallest absolute Gasteiger partial charge is 0.272 e. The quantitative estimate of drug-likeness (QED) is 0.819. The molecule has 6 nitrogen and oxygen atoms in total. The number of aliphatic hydroxyl groups excluding tert-OH is 1. The van der Waals surface area contributed by atoms with E-state index in [-0.39, 0.29) is 11.9 Å². The number of aromatic nitrogens is 3. The van der Waals surface area contributed by atoms with Gasteiger partial charge in [-0.15, -0.1) is 5.10 Å². The fourth-order valence-electron chi connectivity index (χ4n) is 0.968. The highest BCUT2D eigenvalue weighted by Gasteiger charge is 2.20. The van der Waals surface area contributed by atoms with Gasteiger partial charge in [0.1, 0.15) is 0 Å². The summed E-state index contributed by atoms with van der Waals surface area (Å²) >= 11 is 3.13. The molecule has 15 heavy (non-hydrogen) atoms. The molecular formula is C8H13BrN4O2. The van der Waals surface area contributed by atoms with Crippen molar-refractivity contribution >= 4 is 21.8 Å². The van der Waals surface area contributed by atoms with E-state index < -0.39 is 6.10 Å². The number of rotatable bonds is 3. The molecule has 0 aliphatic rings. The zero-order valence-electron chi connectivity index (χ0n) is 8.73. The summed E-state index contributed by atoms with van der Waals surface area (Å²) in [4.78, 5) is 11.7. The third kappa shape index (κ3) is 2.75. The van der Waals surface area contributed by atoms with Gasteiger partial charge in [-0.1, -0.05) is 5.21 Å². The van der Waals surface area contributed by atoms with Crippen molar-refractivity contribution in [1.82, 2.24) is 20.3 Å². The van der Waals surface area contributed by atoms with Gasteiger partial charge in [0.2, 0.25) is 0 Å². The predicted molar refractivity (Wildman–Crippen MR) is 57.3 cm³/mol. The number of carbonyl (C=O) groups excluding carboxylic acids is 1. The van der Waals surface area contributed by atoms with Crippen molar-refractivity contribution < 1.29 is 9.90 Å². The molecule has 2 atom stereocenters. The van der Waals surface area contributed by atoms with E-state index in [1.54, 1.807) is 20.9 Å². The monoisotopic (exact) mass is 276 g/mol. The molecule has 1 amide bonds. The SMILES string of the molecule is CC(O)C(C)NC(=O)c1c(Br)nnn1C. The number of hydrogen-bond donors (Lipinski definition) is 2. The van der Waals surface area contributed by atoms with Crippen LogP contribution in [0.5, 0.6) is 0 Å². The average Bonchev–Trinajstić information content (AvgIpc) is 2.45. The zero-order valence-corrected chi connectivity index (χ0v) is 10.3. The molecule has 1 rings (SSSR count). The third-order valence-electron chi connectivity index (χ3n) is 2.08. The summed E-state index contributed by atoms with van der Waals surface area (Å²) in [6.07, 6.45) is -0.603. The van der Waals surface area contributed by atoms with Crippen molar-refractivity contribution in [3.8, 4) is 0 Å². The molecule has 0 aliphatic carbocycles. The molecule has 0 saturated carbocycles. The maximum absolute atomic E-state index is 11.7. The number of aryl methyl sites for hydroxylation is 1. The Morgan fingerprint density at radius 3 is 2.60 bits per heavy atom. The maximum atomic E-state index is 11.7. The van der Waals surface area contributed by atoms with Gasteiger partial charge in [0.25, 0.3) is 5.91 Å². The number of carbonyl (C=O) groups is 1. The molecule has 7 heteroatoms. The molecule has 0 saturated heterocycles. The van der Waals surface area contributed by atoms with Gasteiger partial charge in [0.15, 0.2) is 10.3 Å². The Bertz CT molecular complexity index is 344. The van der Waals surface area contributed by atoms with Crippen LogP contribution in [0.2, 0.25) is 0 Å². The number of hydrogen-bond acceptors (Lipinski definition) is 4. The highest BCUT2D eigenvalue weighted by molar-refractivity contribution is 9.10. The second kappa shape index (κ2) is 4.71. The first-order valence-electron chi connectivity index (χ1n) is 4.47. The van der Waals surface area contributed by atoms with Crippen molar-refractivity contribution in [2.75, 3.05) is 0 Å². The largest absolute Gasteiger partial charge is 0.391 e. The summed E-state index contributed by atoms with van der Waals surface area (Å²) in [5.41, 5.74) is 0.336. The van der Waals surface area contributed by atoms with Crippen molar-refractivity contribution in [3.05, 3.63) is 10.3 Å². The minimum absolute atomic E-state index is 0.317. The highest BCUT2D eigenvalue weighted by Crippen LogP contribution is 2.11.